The SMILES string of the molecule is COc1ccc2c(-c3ccc(OC)c(P(C4CCCCC4)C4CCCCC4)c3OC)cccc2c1. The first kappa shape index (κ1) is 24.4. The van der Waals surface area contributed by atoms with Gasteiger partial charge in [0.1, 0.15) is 17.2 Å². The van der Waals surface area contributed by atoms with Crippen LogP contribution < -0.4 is 19.5 Å². The summed E-state index contributed by atoms with van der Waals surface area (Å²) >= 11 is 0. The monoisotopic (exact) mass is 490 g/mol. The molecule has 0 aromatic heterocycles. The lowest BCUT2D eigenvalue weighted by molar-refractivity contribution is 0.401. The van der Waals surface area contributed by atoms with Gasteiger partial charge >= 0.3 is 0 Å². The van der Waals surface area contributed by atoms with E-state index in [0.717, 1.165) is 28.6 Å². The second kappa shape index (κ2) is 11.2. The van der Waals surface area contributed by atoms with Crippen molar-refractivity contribution >= 4 is 24.0 Å². The fourth-order valence-corrected chi connectivity index (χ4v) is 10.4. The molecule has 0 unspecified atom stereocenters. The average molecular weight is 491 g/mol. The maximum atomic E-state index is 6.34. The molecule has 2 aliphatic rings. The molecule has 0 amide bonds. The molecule has 0 bridgehead atoms. The van der Waals surface area contributed by atoms with Crippen molar-refractivity contribution in [2.75, 3.05) is 21.3 Å². The van der Waals surface area contributed by atoms with E-state index in [-0.39, 0.29) is 7.92 Å². The van der Waals surface area contributed by atoms with Gasteiger partial charge in [-0.2, -0.15) is 0 Å². The quantitative estimate of drug-likeness (QED) is 0.312. The van der Waals surface area contributed by atoms with Gasteiger partial charge in [-0.25, -0.2) is 0 Å². The Morgan fingerprint density at radius 2 is 1.34 bits per heavy atom. The molecule has 2 aliphatic carbocycles. The Hall–Kier alpha value is -2.25. The second-order valence-corrected chi connectivity index (χ2v) is 12.8. The fourth-order valence-electron chi connectivity index (χ4n) is 6.39. The summed E-state index contributed by atoms with van der Waals surface area (Å²) in [4.78, 5) is 0. The first-order chi connectivity index (χ1) is 17.2. The predicted octanol–water partition coefficient (Wildman–Crippen LogP) is 8.31. The Labute approximate surface area is 211 Å². The highest BCUT2D eigenvalue weighted by molar-refractivity contribution is 7.67. The molecule has 4 heteroatoms. The number of fused-ring (bicyclic) bond motifs is 1. The second-order valence-electron chi connectivity index (χ2n) is 10.1. The standard InChI is InChI=1S/C31H39O3P/c1-32-23-17-18-26-22(21-23)11-10-16-27(26)28-19-20-29(33-2)31(30(28)34-3)35(24-12-6-4-7-13-24)25-14-8-5-9-15-25/h10-11,16-21,24-25H,4-9,12-15H2,1-3H3. The number of ether oxygens (including phenoxy) is 3. The molecule has 3 nitrogen and oxygen atoms in total. The Bertz CT molecular complexity index is 1130. The average Bonchev–Trinajstić information content (AvgIpc) is 2.93. The summed E-state index contributed by atoms with van der Waals surface area (Å²) in [7, 11) is 5.04. The van der Waals surface area contributed by atoms with Crippen LogP contribution in [0.4, 0.5) is 0 Å². The molecule has 0 spiro atoms. The normalized spacial score (nSPS) is 17.6. The van der Waals surface area contributed by atoms with E-state index < -0.39 is 0 Å². The van der Waals surface area contributed by atoms with Crippen molar-refractivity contribution < 1.29 is 14.2 Å². The van der Waals surface area contributed by atoms with E-state index >= 15 is 0 Å². The van der Waals surface area contributed by atoms with Gasteiger partial charge in [-0.3, -0.25) is 0 Å². The number of benzene rings is 3. The molecule has 186 valence electrons. The highest BCUT2D eigenvalue weighted by atomic mass is 31.1. The van der Waals surface area contributed by atoms with E-state index in [9.17, 15) is 0 Å². The molecular formula is C31H39O3P. The number of hydrogen-bond donors (Lipinski definition) is 0. The van der Waals surface area contributed by atoms with E-state index in [1.165, 1.54) is 91.4 Å². The summed E-state index contributed by atoms with van der Waals surface area (Å²) in [5.74, 6) is 2.94. The van der Waals surface area contributed by atoms with Crippen molar-refractivity contribution in [3.63, 3.8) is 0 Å². The molecule has 0 atom stereocenters. The van der Waals surface area contributed by atoms with Gasteiger partial charge in [0, 0.05) is 5.56 Å². The molecule has 0 saturated heterocycles. The van der Waals surface area contributed by atoms with E-state index in [1.807, 2.05) is 14.2 Å². The summed E-state index contributed by atoms with van der Waals surface area (Å²) in [6, 6.07) is 17.3. The number of rotatable bonds is 7. The molecule has 35 heavy (non-hydrogen) atoms. The minimum Gasteiger partial charge on any atom is -0.497 e. The summed E-state index contributed by atoms with van der Waals surface area (Å²) in [5.41, 5.74) is 3.94. The van der Waals surface area contributed by atoms with Gasteiger partial charge in [0.15, 0.2) is 0 Å². The Kier molecular flexibility index (Phi) is 7.83. The Balaban J connectivity index is 1.69. The van der Waals surface area contributed by atoms with Crippen molar-refractivity contribution in [2.24, 2.45) is 0 Å². The van der Waals surface area contributed by atoms with E-state index in [0.29, 0.717) is 0 Å². The highest BCUT2D eigenvalue weighted by Crippen LogP contribution is 2.59. The van der Waals surface area contributed by atoms with E-state index in [4.69, 9.17) is 14.2 Å². The van der Waals surface area contributed by atoms with Crippen molar-refractivity contribution in [2.45, 2.75) is 75.5 Å². The van der Waals surface area contributed by atoms with Crippen LogP contribution in [0.15, 0.2) is 48.5 Å². The van der Waals surface area contributed by atoms with Crippen LogP contribution in [0.1, 0.15) is 64.2 Å². The molecule has 5 rings (SSSR count). The predicted molar refractivity (Wildman–Crippen MR) is 149 cm³/mol. The summed E-state index contributed by atoms with van der Waals surface area (Å²) in [6.07, 6.45) is 13.7. The van der Waals surface area contributed by atoms with Crippen LogP contribution in [0.5, 0.6) is 17.2 Å². The summed E-state index contributed by atoms with van der Waals surface area (Å²) < 4.78 is 17.9. The van der Waals surface area contributed by atoms with Crippen molar-refractivity contribution in [3.05, 3.63) is 48.5 Å². The Morgan fingerprint density at radius 3 is 1.94 bits per heavy atom. The molecule has 3 aromatic carbocycles. The Morgan fingerprint density at radius 1 is 0.657 bits per heavy atom. The van der Waals surface area contributed by atoms with Crippen LogP contribution in [-0.4, -0.2) is 32.6 Å². The fraction of sp³-hybridized carbons (Fsp3) is 0.484. The van der Waals surface area contributed by atoms with Gasteiger partial charge in [-0.05, 0) is 77.6 Å². The van der Waals surface area contributed by atoms with Gasteiger partial charge < -0.3 is 14.2 Å². The maximum absolute atomic E-state index is 6.34. The molecule has 0 radical (unpaired) electrons. The van der Waals surface area contributed by atoms with Gasteiger partial charge in [0.25, 0.3) is 0 Å². The lowest BCUT2D eigenvalue weighted by atomic mass is 9.97. The first-order valence-corrected chi connectivity index (χ1v) is 14.8. The molecule has 3 aromatic rings. The molecule has 0 aliphatic heterocycles. The zero-order chi connectivity index (χ0) is 24.2. The molecule has 0 heterocycles. The van der Waals surface area contributed by atoms with Gasteiger partial charge in [-0.1, -0.05) is 70.7 Å². The van der Waals surface area contributed by atoms with Crippen LogP contribution >= 0.6 is 7.92 Å². The molecule has 2 fully saturated rings. The largest absolute Gasteiger partial charge is 0.497 e. The lowest BCUT2D eigenvalue weighted by Gasteiger charge is -2.40. The van der Waals surface area contributed by atoms with Crippen molar-refractivity contribution in [1.29, 1.82) is 0 Å². The van der Waals surface area contributed by atoms with Crippen LogP contribution in [0.3, 0.4) is 0 Å². The third-order valence-corrected chi connectivity index (χ3v) is 11.6. The zero-order valence-corrected chi connectivity index (χ0v) is 22.4. The van der Waals surface area contributed by atoms with Crippen LogP contribution in [0, 0.1) is 0 Å². The lowest BCUT2D eigenvalue weighted by Crippen LogP contribution is -2.28. The summed E-state index contributed by atoms with van der Waals surface area (Å²) in [5, 5.41) is 3.79. The zero-order valence-electron chi connectivity index (χ0n) is 21.5. The minimum atomic E-state index is -0.373. The van der Waals surface area contributed by atoms with Crippen LogP contribution in [0.25, 0.3) is 21.9 Å². The first-order valence-electron chi connectivity index (χ1n) is 13.4. The third kappa shape index (κ3) is 4.90. The van der Waals surface area contributed by atoms with Gasteiger partial charge in [-0.15, -0.1) is 0 Å². The molecular weight excluding hydrogens is 451 g/mol. The minimum absolute atomic E-state index is 0.373. The van der Waals surface area contributed by atoms with E-state index in [1.54, 1.807) is 7.11 Å². The van der Waals surface area contributed by atoms with E-state index in [2.05, 4.69) is 48.5 Å². The highest BCUT2D eigenvalue weighted by Gasteiger charge is 2.37. The van der Waals surface area contributed by atoms with Gasteiger partial charge in [0.2, 0.25) is 0 Å². The van der Waals surface area contributed by atoms with Gasteiger partial charge in [0.05, 0.1) is 26.6 Å². The van der Waals surface area contributed by atoms with Crippen LogP contribution in [-0.2, 0) is 0 Å². The summed E-state index contributed by atoms with van der Waals surface area (Å²) in [6.45, 7) is 0. The maximum Gasteiger partial charge on any atom is 0.138 e. The number of hydrogen-bond acceptors (Lipinski definition) is 3. The van der Waals surface area contributed by atoms with Crippen LogP contribution in [0.2, 0.25) is 0 Å². The number of methoxy groups -OCH3 is 3. The third-order valence-electron chi connectivity index (χ3n) is 8.09. The topological polar surface area (TPSA) is 27.7 Å². The molecule has 2 saturated carbocycles. The molecule has 0 N–H and O–H groups in total. The van der Waals surface area contributed by atoms with Crippen molar-refractivity contribution in [3.8, 4) is 28.4 Å². The smallest absolute Gasteiger partial charge is 0.138 e. The van der Waals surface area contributed by atoms with Crippen molar-refractivity contribution in [1.82, 2.24) is 0 Å².